The molecule has 1 heterocycles. The van der Waals surface area contributed by atoms with E-state index in [-0.39, 0.29) is 23.1 Å². The Bertz CT molecular complexity index is 1090. The summed E-state index contributed by atoms with van der Waals surface area (Å²) >= 11 is 6.02. The monoisotopic (exact) mass is 431 g/mol. The molecule has 0 radical (unpaired) electrons. The van der Waals surface area contributed by atoms with E-state index < -0.39 is 12.3 Å². The number of pyridine rings is 1. The molecule has 0 aliphatic heterocycles. The van der Waals surface area contributed by atoms with Gasteiger partial charge in [0, 0.05) is 6.54 Å². The first-order valence-corrected chi connectivity index (χ1v) is 8.92. The van der Waals surface area contributed by atoms with Crippen molar-refractivity contribution in [1.29, 1.82) is 5.26 Å². The fraction of sp³-hybridized carbons (Fsp3) is 0.0952. The van der Waals surface area contributed by atoms with Gasteiger partial charge < -0.3 is 10.1 Å². The van der Waals surface area contributed by atoms with E-state index in [0.717, 1.165) is 5.56 Å². The van der Waals surface area contributed by atoms with Crippen molar-refractivity contribution in [1.82, 2.24) is 10.3 Å². The third-order valence-electron chi connectivity index (χ3n) is 3.98. The van der Waals surface area contributed by atoms with E-state index in [0.29, 0.717) is 16.7 Å². The average Bonchev–Trinajstić information content (AvgIpc) is 2.71. The van der Waals surface area contributed by atoms with Crippen LogP contribution < -0.4 is 10.1 Å². The first kappa shape index (κ1) is 21.1. The number of nitrogens with one attached hydrogen (secondary N) is 1. The number of aromatic nitrogens is 1. The molecule has 0 saturated carbocycles. The number of nitrogens with zero attached hydrogens (tertiary/aromatic N) is 2. The summed E-state index contributed by atoms with van der Waals surface area (Å²) in [6.07, 6.45) is -4.78. The maximum Gasteiger partial charge on any atom is 0.573 e. The van der Waals surface area contributed by atoms with Gasteiger partial charge >= 0.3 is 6.36 Å². The Morgan fingerprint density at radius 2 is 1.73 bits per heavy atom. The van der Waals surface area contributed by atoms with Crippen LogP contribution in [0.2, 0.25) is 5.15 Å². The van der Waals surface area contributed by atoms with Crippen molar-refractivity contribution in [3.63, 3.8) is 0 Å². The van der Waals surface area contributed by atoms with Crippen molar-refractivity contribution in [2.24, 2.45) is 0 Å². The second-order valence-electron chi connectivity index (χ2n) is 6.13. The van der Waals surface area contributed by atoms with E-state index in [1.807, 2.05) is 6.07 Å². The highest BCUT2D eigenvalue weighted by Crippen LogP contribution is 2.28. The largest absolute Gasteiger partial charge is 0.573 e. The Balaban J connectivity index is 1.74. The molecule has 30 heavy (non-hydrogen) atoms. The van der Waals surface area contributed by atoms with E-state index in [9.17, 15) is 18.0 Å². The number of hydrogen-bond acceptors (Lipinski definition) is 4. The van der Waals surface area contributed by atoms with Gasteiger partial charge in [-0.1, -0.05) is 35.9 Å². The quantitative estimate of drug-likeness (QED) is 0.570. The van der Waals surface area contributed by atoms with Crippen molar-refractivity contribution in [3.05, 3.63) is 82.6 Å². The van der Waals surface area contributed by atoms with Crippen LogP contribution in [0.1, 0.15) is 21.6 Å². The molecule has 0 bridgehead atoms. The van der Waals surface area contributed by atoms with E-state index >= 15 is 0 Å². The number of carbonyl (C=O) groups is 1. The number of ether oxygens (including phenoxy) is 1. The summed E-state index contributed by atoms with van der Waals surface area (Å²) in [4.78, 5) is 16.5. The molecule has 0 spiro atoms. The zero-order valence-corrected chi connectivity index (χ0v) is 16.0. The van der Waals surface area contributed by atoms with Gasteiger partial charge in [-0.3, -0.25) is 4.79 Å². The van der Waals surface area contributed by atoms with Crippen LogP contribution in [0.3, 0.4) is 0 Å². The number of rotatable bonds is 5. The molecule has 0 fully saturated rings. The number of carbonyl (C=O) groups excluding carboxylic acids is 1. The maximum absolute atomic E-state index is 12.5. The molecule has 0 unspecified atom stereocenters. The van der Waals surface area contributed by atoms with Crippen LogP contribution >= 0.6 is 11.6 Å². The normalized spacial score (nSPS) is 10.9. The molecule has 1 amide bonds. The van der Waals surface area contributed by atoms with Crippen molar-refractivity contribution in [3.8, 4) is 22.9 Å². The Morgan fingerprint density at radius 3 is 2.33 bits per heavy atom. The molecule has 5 nitrogen and oxygen atoms in total. The Labute approximate surface area is 174 Å². The van der Waals surface area contributed by atoms with Crippen LogP contribution in [0.4, 0.5) is 13.2 Å². The highest BCUT2D eigenvalue weighted by Gasteiger charge is 2.31. The SMILES string of the molecule is N#Cc1ccc(CNC(=O)c2cc(-c3ccc(OC(F)(F)F)cc3)cc(Cl)n2)cc1. The minimum atomic E-state index is -4.78. The number of amides is 1. The zero-order chi connectivity index (χ0) is 21.7. The highest BCUT2D eigenvalue weighted by molar-refractivity contribution is 6.29. The molecule has 152 valence electrons. The van der Waals surface area contributed by atoms with Gasteiger partial charge in [0.25, 0.3) is 5.91 Å². The van der Waals surface area contributed by atoms with Crippen molar-refractivity contribution in [2.75, 3.05) is 0 Å². The third-order valence-corrected chi connectivity index (χ3v) is 4.18. The summed E-state index contributed by atoms with van der Waals surface area (Å²) in [6.45, 7) is 0.220. The number of hydrogen-bond donors (Lipinski definition) is 1. The highest BCUT2D eigenvalue weighted by atomic mass is 35.5. The molecule has 3 aromatic rings. The van der Waals surface area contributed by atoms with Crippen LogP contribution in [0.15, 0.2) is 60.7 Å². The molecule has 2 aromatic carbocycles. The predicted octanol–water partition coefficient (Wildman–Crippen LogP) is 5.10. The topological polar surface area (TPSA) is 75.0 Å². The molecule has 0 aliphatic rings. The van der Waals surface area contributed by atoms with Gasteiger partial charge in [0.05, 0.1) is 11.6 Å². The zero-order valence-electron chi connectivity index (χ0n) is 15.2. The van der Waals surface area contributed by atoms with Crippen LogP contribution in [0.25, 0.3) is 11.1 Å². The summed E-state index contributed by atoms with van der Waals surface area (Å²) in [5, 5.41) is 11.6. The Kier molecular flexibility index (Phi) is 6.23. The fourth-order valence-corrected chi connectivity index (χ4v) is 2.81. The lowest BCUT2D eigenvalue weighted by molar-refractivity contribution is -0.274. The first-order valence-electron chi connectivity index (χ1n) is 8.54. The second kappa shape index (κ2) is 8.84. The van der Waals surface area contributed by atoms with Gasteiger partial charge in [-0.05, 0) is 53.1 Å². The van der Waals surface area contributed by atoms with Gasteiger partial charge in [-0.25, -0.2) is 4.98 Å². The van der Waals surface area contributed by atoms with Gasteiger partial charge in [-0.2, -0.15) is 5.26 Å². The van der Waals surface area contributed by atoms with Crippen LogP contribution in [-0.4, -0.2) is 17.3 Å². The molecule has 0 aliphatic carbocycles. The number of benzene rings is 2. The first-order chi connectivity index (χ1) is 14.2. The summed E-state index contributed by atoms with van der Waals surface area (Å²) in [5.74, 6) is -0.827. The summed E-state index contributed by atoms with van der Waals surface area (Å²) in [5.41, 5.74) is 2.41. The van der Waals surface area contributed by atoms with E-state index in [2.05, 4.69) is 15.0 Å². The van der Waals surface area contributed by atoms with Crippen molar-refractivity contribution in [2.45, 2.75) is 12.9 Å². The minimum Gasteiger partial charge on any atom is -0.406 e. The summed E-state index contributed by atoms with van der Waals surface area (Å²) in [7, 11) is 0. The van der Waals surface area contributed by atoms with Gasteiger partial charge in [0.2, 0.25) is 0 Å². The Morgan fingerprint density at radius 1 is 1.07 bits per heavy atom. The molecular formula is C21H13ClF3N3O2. The standard InChI is InChI=1S/C21H13ClF3N3O2/c22-19-10-16(15-5-7-17(8-6-15)30-21(23,24)25)9-18(28-19)20(29)27-12-14-3-1-13(11-26)2-4-14/h1-10H,12H2,(H,27,29). The molecule has 0 saturated heterocycles. The van der Waals surface area contributed by atoms with Crippen LogP contribution in [-0.2, 0) is 6.54 Å². The third kappa shape index (κ3) is 5.72. The van der Waals surface area contributed by atoms with Crippen LogP contribution in [0, 0.1) is 11.3 Å². The summed E-state index contributed by atoms with van der Waals surface area (Å²) in [6, 6.07) is 16.9. The van der Waals surface area contributed by atoms with Gasteiger partial charge in [-0.15, -0.1) is 13.2 Å². The average molecular weight is 432 g/mol. The molecule has 3 rings (SSSR count). The molecule has 1 N–H and O–H groups in total. The minimum absolute atomic E-state index is 0.0572. The molecule has 9 heteroatoms. The number of alkyl halides is 3. The van der Waals surface area contributed by atoms with E-state index in [1.165, 1.54) is 36.4 Å². The van der Waals surface area contributed by atoms with Crippen LogP contribution in [0.5, 0.6) is 5.75 Å². The fourth-order valence-electron chi connectivity index (χ4n) is 2.60. The lowest BCUT2D eigenvalue weighted by Crippen LogP contribution is -2.23. The lowest BCUT2D eigenvalue weighted by atomic mass is 10.1. The second-order valence-corrected chi connectivity index (χ2v) is 6.51. The smallest absolute Gasteiger partial charge is 0.406 e. The predicted molar refractivity (Wildman–Crippen MR) is 104 cm³/mol. The summed E-state index contributed by atoms with van der Waals surface area (Å²) < 4.78 is 40.7. The number of halogens is 4. The van der Waals surface area contributed by atoms with Crippen molar-refractivity contribution < 1.29 is 22.7 Å². The molecule has 0 atom stereocenters. The van der Waals surface area contributed by atoms with Crippen molar-refractivity contribution >= 4 is 17.5 Å². The molecule has 1 aromatic heterocycles. The van der Waals surface area contributed by atoms with Gasteiger partial charge in [0.15, 0.2) is 0 Å². The lowest BCUT2D eigenvalue weighted by Gasteiger charge is -2.10. The van der Waals surface area contributed by atoms with E-state index in [4.69, 9.17) is 16.9 Å². The van der Waals surface area contributed by atoms with Gasteiger partial charge in [0.1, 0.15) is 16.6 Å². The maximum atomic E-state index is 12.5. The number of nitriles is 1. The molecular weight excluding hydrogens is 419 g/mol. The Hall–Kier alpha value is -3.57. The van der Waals surface area contributed by atoms with E-state index in [1.54, 1.807) is 24.3 Å².